The van der Waals surface area contributed by atoms with E-state index >= 15 is 0 Å². The van der Waals surface area contributed by atoms with Gasteiger partial charge in [0.2, 0.25) is 0 Å². The highest BCUT2D eigenvalue weighted by Gasteiger charge is 2.30. The fraction of sp³-hybridized carbons (Fsp3) is 0.154. The third-order valence-electron chi connectivity index (χ3n) is 6.02. The molecule has 0 bridgehead atoms. The predicted octanol–water partition coefficient (Wildman–Crippen LogP) is 4.80. The van der Waals surface area contributed by atoms with Gasteiger partial charge in [0.05, 0.1) is 5.69 Å². The van der Waals surface area contributed by atoms with Crippen LogP contribution in [0.5, 0.6) is 0 Å². The first kappa shape index (κ1) is 20.8. The van der Waals surface area contributed by atoms with Crippen molar-refractivity contribution in [2.45, 2.75) is 18.4 Å². The number of carbonyl (C=O) groups excluding carboxylic acids is 1. The number of nitrogens with zero attached hydrogens (tertiary/aromatic N) is 1. The molecule has 1 radical (unpaired) electrons. The summed E-state index contributed by atoms with van der Waals surface area (Å²) in [5, 5.41) is 16.2. The van der Waals surface area contributed by atoms with Gasteiger partial charge in [0.25, 0.3) is 0 Å². The molecule has 1 aliphatic heterocycles. The van der Waals surface area contributed by atoms with Gasteiger partial charge in [0.15, 0.2) is 0 Å². The third-order valence-corrected chi connectivity index (χ3v) is 6.02. The minimum atomic E-state index is -1.21. The van der Waals surface area contributed by atoms with Crippen molar-refractivity contribution in [3.63, 3.8) is 0 Å². The number of ether oxygens (including phenoxy) is 1. The summed E-state index contributed by atoms with van der Waals surface area (Å²) in [7, 11) is 0. The Bertz CT molecular complexity index is 1240. The second-order valence-corrected chi connectivity index (χ2v) is 8.01. The molecular formula is C26H20FN2O4. The number of benzene rings is 3. The van der Waals surface area contributed by atoms with Crippen LogP contribution in [0.15, 0.2) is 72.9 Å². The Morgan fingerprint density at radius 1 is 1.00 bits per heavy atom. The van der Waals surface area contributed by atoms with Crippen LogP contribution in [0.25, 0.3) is 16.7 Å². The average Bonchev–Trinajstić information content (AvgIpc) is 3.35. The van der Waals surface area contributed by atoms with Crippen LogP contribution in [0.2, 0.25) is 0 Å². The number of amides is 1. The molecule has 0 aromatic heterocycles. The molecule has 1 unspecified atom stereocenters. The molecule has 165 valence electrons. The van der Waals surface area contributed by atoms with E-state index in [0.717, 1.165) is 22.3 Å². The van der Waals surface area contributed by atoms with Gasteiger partial charge in [-0.05, 0) is 40.0 Å². The van der Waals surface area contributed by atoms with Gasteiger partial charge < -0.3 is 15.2 Å². The van der Waals surface area contributed by atoms with Crippen molar-refractivity contribution in [3.8, 4) is 11.1 Å². The van der Waals surface area contributed by atoms with E-state index in [1.807, 2.05) is 48.5 Å². The Morgan fingerprint density at radius 2 is 1.67 bits per heavy atom. The lowest BCUT2D eigenvalue weighted by Crippen LogP contribution is -2.41. The Balaban J connectivity index is 1.26. The number of rotatable bonds is 6. The molecule has 0 saturated heterocycles. The maximum absolute atomic E-state index is 13.4. The highest BCUT2D eigenvalue weighted by molar-refractivity contribution is 5.86. The van der Waals surface area contributed by atoms with Gasteiger partial charge >= 0.3 is 12.1 Å². The molecule has 3 aromatic carbocycles. The molecule has 7 heteroatoms. The van der Waals surface area contributed by atoms with Crippen molar-refractivity contribution in [3.05, 3.63) is 95.4 Å². The van der Waals surface area contributed by atoms with Gasteiger partial charge in [-0.3, -0.25) is 5.32 Å². The molecule has 5 rings (SSSR count). The van der Waals surface area contributed by atoms with Crippen molar-refractivity contribution >= 4 is 23.3 Å². The molecule has 0 fully saturated rings. The van der Waals surface area contributed by atoms with Crippen molar-refractivity contribution in [1.82, 2.24) is 10.6 Å². The largest absolute Gasteiger partial charge is 0.480 e. The number of nitrogens with one attached hydrogen (secondary N) is 1. The zero-order valence-corrected chi connectivity index (χ0v) is 17.5. The van der Waals surface area contributed by atoms with Crippen LogP contribution in [-0.2, 0) is 9.53 Å². The molecule has 0 spiro atoms. The van der Waals surface area contributed by atoms with Crippen LogP contribution in [0, 0.1) is 5.82 Å². The van der Waals surface area contributed by atoms with Crippen molar-refractivity contribution < 1.29 is 23.8 Å². The summed E-state index contributed by atoms with van der Waals surface area (Å²) in [5.41, 5.74) is 6.06. The Kier molecular flexibility index (Phi) is 5.30. The predicted molar refractivity (Wildman–Crippen MR) is 120 cm³/mol. The maximum atomic E-state index is 13.4. The van der Waals surface area contributed by atoms with Crippen LogP contribution in [0.3, 0.4) is 0 Å². The zero-order chi connectivity index (χ0) is 22.9. The Hall–Kier alpha value is -4.13. The minimum Gasteiger partial charge on any atom is -0.480 e. The fourth-order valence-electron chi connectivity index (χ4n) is 4.47. The number of carboxylic acids is 1. The van der Waals surface area contributed by atoms with Crippen molar-refractivity contribution in [1.29, 1.82) is 0 Å². The SMILES string of the molecule is O=C(NC(CC1=C[N]c2cc(F)ccc21)C(=O)O)OCC1c2ccccc2-c2ccccc21. The molecule has 1 aliphatic carbocycles. The maximum Gasteiger partial charge on any atom is 0.407 e. The van der Waals surface area contributed by atoms with Gasteiger partial charge in [-0.2, -0.15) is 0 Å². The van der Waals surface area contributed by atoms with Gasteiger partial charge in [-0.25, -0.2) is 14.0 Å². The van der Waals surface area contributed by atoms with E-state index in [4.69, 9.17) is 4.74 Å². The third kappa shape index (κ3) is 3.93. The van der Waals surface area contributed by atoms with E-state index in [1.54, 1.807) is 6.07 Å². The molecule has 2 aliphatic rings. The van der Waals surface area contributed by atoms with E-state index < -0.39 is 23.9 Å². The van der Waals surface area contributed by atoms with E-state index in [2.05, 4.69) is 10.6 Å². The zero-order valence-electron chi connectivity index (χ0n) is 17.5. The smallest absolute Gasteiger partial charge is 0.407 e. The lowest BCUT2D eigenvalue weighted by atomic mass is 9.98. The Labute approximate surface area is 189 Å². The highest BCUT2D eigenvalue weighted by Crippen LogP contribution is 2.44. The number of alkyl carbamates (subject to hydrolysis) is 1. The molecule has 0 saturated carbocycles. The molecular weight excluding hydrogens is 423 g/mol. The van der Waals surface area contributed by atoms with Crippen molar-refractivity contribution in [2.24, 2.45) is 0 Å². The summed E-state index contributed by atoms with van der Waals surface area (Å²) in [6, 6.07) is 18.9. The first-order valence-corrected chi connectivity index (χ1v) is 10.6. The fourth-order valence-corrected chi connectivity index (χ4v) is 4.47. The summed E-state index contributed by atoms with van der Waals surface area (Å²) in [5.74, 6) is -1.73. The van der Waals surface area contributed by atoms with E-state index in [0.29, 0.717) is 16.8 Å². The number of carbonyl (C=O) groups is 2. The molecule has 2 N–H and O–H groups in total. The number of fused-ring (bicyclic) bond motifs is 4. The van der Waals surface area contributed by atoms with Gasteiger partial charge in [0.1, 0.15) is 18.5 Å². The second-order valence-electron chi connectivity index (χ2n) is 8.01. The Morgan fingerprint density at radius 3 is 2.33 bits per heavy atom. The quantitative estimate of drug-likeness (QED) is 0.573. The van der Waals surface area contributed by atoms with Crippen LogP contribution in [0.1, 0.15) is 29.0 Å². The summed E-state index contributed by atoms with van der Waals surface area (Å²) in [6.07, 6.45) is 0.695. The number of hydrogen-bond donors (Lipinski definition) is 2. The van der Waals surface area contributed by atoms with Crippen LogP contribution >= 0.6 is 0 Å². The van der Waals surface area contributed by atoms with Crippen LogP contribution in [-0.4, -0.2) is 29.8 Å². The topological polar surface area (TPSA) is 89.7 Å². The summed E-state index contributed by atoms with van der Waals surface area (Å²) >= 11 is 0. The first-order valence-electron chi connectivity index (χ1n) is 10.6. The normalized spacial score (nSPS) is 14.4. The van der Waals surface area contributed by atoms with Crippen molar-refractivity contribution in [2.75, 3.05) is 6.61 Å². The number of hydrogen-bond acceptors (Lipinski definition) is 3. The number of halogens is 1. The molecule has 3 aromatic rings. The monoisotopic (exact) mass is 443 g/mol. The van der Waals surface area contributed by atoms with E-state index in [1.165, 1.54) is 18.3 Å². The summed E-state index contributed by atoms with van der Waals surface area (Å²) < 4.78 is 18.9. The molecule has 6 nitrogen and oxygen atoms in total. The van der Waals surface area contributed by atoms with Crippen LogP contribution < -0.4 is 10.6 Å². The minimum absolute atomic E-state index is 0.00165. The van der Waals surface area contributed by atoms with Gasteiger partial charge in [0, 0.05) is 30.2 Å². The van der Waals surface area contributed by atoms with Gasteiger partial charge in [-0.15, -0.1) is 0 Å². The van der Waals surface area contributed by atoms with Gasteiger partial charge in [-0.1, -0.05) is 48.5 Å². The lowest BCUT2D eigenvalue weighted by Gasteiger charge is -2.18. The summed E-state index contributed by atoms with van der Waals surface area (Å²) in [6.45, 7) is 0.0896. The second kappa shape index (κ2) is 8.43. The van der Waals surface area contributed by atoms with E-state index in [-0.39, 0.29) is 18.9 Å². The molecule has 1 amide bonds. The molecule has 1 heterocycles. The number of carboxylic acid groups (broad SMARTS) is 1. The molecule has 1 atom stereocenters. The average molecular weight is 443 g/mol. The first-order chi connectivity index (χ1) is 16.0. The standard InChI is InChI=1S/C26H20FN2O4/c27-16-9-10-17-15(13-28-23(17)12-16)11-24(25(30)31)29-26(32)33-14-22-20-7-3-1-5-18(20)19-6-2-4-8-21(19)22/h1-10,12-13,22,24H,11,14H2,(H,29,32)(H,30,31). The lowest BCUT2D eigenvalue weighted by molar-refractivity contribution is -0.139. The summed E-state index contributed by atoms with van der Waals surface area (Å²) in [4.78, 5) is 24.3. The van der Waals surface area contributed by atoms with Crippen LogP contribution in [0.4, 0.5) is 14.9 Å². The molecule has 33 heavy (non-hydrogen) atoms. The highest BCUT2D eigenvalue weighted by atomic mass is 19.1. The van der Waals surface area contributed by atoms with E-state index in [9.17, 15) is 19.1 Å². The number of aliphatic carboxylic acids is 1.